The zero-order chi connectivity index (χ0) is 11.4. The van der Waals surface area contributed by atoms with Crippen molar-refractivity contribution in [1.82, 2.24) is 0 Å². The molecule has 4 heteroatoms. The molecule has 1 aliphatic rings. The molecule has 0 spiro atoms. The summed E-state index contributed by atoms with van der Waals surface area (Å²) in [5.41, 5.74) is 6.05. The van der Waals surface area contributed by atoms with Crippen molar-refractivity contribution in [3.05, 3.63) is 22.4 Å². The summed E-state index contributed by atoms with van der Waals surface area (Å²) >= 11 is 1.66. The minimum Gasteiger partial charge on any atom is -0.392 e. The molecule has 2 N–H and O–H groups in total. The SMILES string of the molecule is CC1(N)CCC(ON=Cc2cccs2)CC1. The fourth-order valence-electron chi connectivity index (χ4n) is 1.89. The Balaban J connectivity index is 1.75. The minimum atomic E-state index is -0.00265. The average Bonchev–Trinajstić information content (AvgIpc) is 2.73. The Labute approximate surface area is 100 Å². The normalized spacial score (nSPS) is 30.8. The predicted octanol–water partition coefficient (Wildman–Crippen LogP) is 2.76. The second-order valence-electron chi connectivity index (χ2n) is 4.71. The van der Waals surface area contributed by atoms with Crippen molar-refractivity contribution in [3.8, 4) is 0 Å². The van der Waals surface area contributed by atoms with E-state index in [1.807, 2.05) is 17.5 Å². The molecule has 0 bridgehead atoms. The van der Waals surface area contributed by atoms with E-state index in [9.17, 15) is 0 Å². The number of nitrogens with two attached hydrogens (primary N) is 1. The van der Waals surface area contributed by atoms with Crippen LogP contribution in [0.5, 0.6) is 0 Å². The maximum atomic E-state index is 6.05. The predicted molar refractivity (Wildman–Crippen MR) is 67.8 cm³/mol. The zero-order valence-corrected chi connectivity index (χ0v) is 10.4. The number of hydrogen-bond acceptors (Lipinski definition) is 4. The third-order valence-electron chi connectivity index (χ3n) is 3.01. The molecule has 1 aliphatic carbocycles. The second kappa shape index (κ2) is 4.97. The smallest absolute Gasteiger partial charge is 0.127 e. The highest BCUT2D eigenvalue weighted by molar-refractivity contribution is 7.11. The molecule has 1 heterocycles. The molecule has 1 saturated carbocycles. The van der Waals surface area contributed by atoms with Crippen LogP contribution < -0.4 is 5.73 Å². The van der Waals surface area contributed by atoms with Gasteiger partial charge in [-0.25, -0.2) is 0 Å². The molecular formula is C12H18N2OS. The van der Waals surface area contributed by atoms with Crippen molar-refractivity contribution in [3.63, 3.8) is 0 Å². The van der Waals surface area contributed by atoms with Gasteiger partial charge in [-0.05, 0) is 44.1 Å². The lowest BCUT2D eigenvalue weighted by molar-refractivity contribution is 0.0203. The van der Waals surface area contributed by atoms with Crippen LogP contribution >= 0.6 is 11.3 Å². The van der Waals surface area contributed by atoms with Gasteiger partial charge in [0.1, 0.15) is 6.10 Å². The van der Waals surface area contributed by atoms with Gasteiger partial charge >= 0.3 is 0 Å². The standard InChI is InChI=1S/C12H18N2OS/c1-12(13)6-4-10(5-7-12)15-14-9-11-3-2-8-16-11/h2-3,8-10H,4-7,13H2,1H3. The number of hydrogen-bond donors (Lipinski definition) is 1. The first-order chi connectivity index (χ1) is 7.66. The Morgan fingerprint density at radius 2 is 2.31 bits per heavy atom. The van der Waals surface area contributed by atoms with Crippen LogP contribution in [-0.4, -0.2) is 17.9 Å². The Morgan fingerprint density at radius 3 is 2.94 bits per heavy atom. The van der Waals surface area contributed by atoms with Gasteiger partial charge in [0.15, 0.2) is 0 Å². The third kappa shape index (κ3) is 3.32. The fraction of sp³-hybridized carbons (Fsp3) is 0.583. The largest absolute Gasteiger partial charge is 0.392 e. The van der Waals surface area contributed by atoms with E-state index in [4.69, 9.17) is 10.6 Å². The van der Waals surface area contributed by atoms with E-state index in [1.165, 1.54) is 0 Å². The Kier molecular flexibility index (Phi) is 3.61. The molecule has 3 nitrogen and oxygen atoms in total. The van der Waals surface area contributed by atoms with Crippen LogP contribution in [0.15, 0.2) is 22.7 Å². The molecule has 0 atom stereocenters. The number of thiophene rings is 1. The van der Waals surface area contributed by atoms with Gasteiger partial charge < -0.3 is 10.6 Å². The van der Waals surface area contributed by atoms with Gasteiger partial charge in [0.2, 0.25) is 0 Å². The van der Waals surface area contributed by atoms with Crippen molar-refractivity contribution >= 4 is 17.6 Å². The third-order valence-corrected chi connectivity index (χ3v) is 3.81. The minimum absolute atomic E-state index is 0.00265. The summed E-state index contributed by atoms with van der Waals surface area (Å²) in [5.74, 6) is 0. The molecule has 1 fully saturated rings. The summed E-state index contributed by atoms with van der Waals surface area (Å²) < 4.78 is 0. The molecule has 0 aliphatic heterocycles. The lowest BCUT2D eigenvalue weighted by Crippen LogP contribution is -2.41. The van der Waals surface area contributed by atoms with E-state index in [1.54, 1.807) is 17.6 Å². The second-order valence-corrected chi connectivity index (χ2v) is 5.69. The number of oxime groups is 1. The average molecular weight is 238 g/mol. The summed E-state index contributed by atoms with van der Waals surface area (Å²) in [7, 11) is 0. The molecule has 88 valence electrons. The molecule has 0 aromatic carbocycles. The molecule has 1 aromatic heterocycles. The summed E-state index contributed by atoms with van der Waals surface area (Å²) in [6.45, 7) is 2.11. The van der Waals surface area contributed by atoms with E-state index in [0.29, 0.717) is 0 Å². The van der Waals surface area contributed by atoms with Crippen molar-refractivity contribution in [2.75, 3.05) is 0 Å². The van der Waals surface area contributed by atoms with Gasteiger partial charge in [0, 0.05) is 10.4 Å². The Bertz CT molecular complexity index is 336. The van der Waals surface area contributed by atoms with E-state index in [0.717, 1.165) is 30.6 Å². The quantitative estimate of drug-likeness (QED) is 0.650. The van der Waals surface area contributed by atoms with E-state index in [2.05, 4.69) is 12.1 Å². The van der Waals surface area contributed by atoms with Gasteiger partial charge in [-0.3, -0.25) is 0 Å². The molecule has 0 saturated heterocycles. The van der Waals surface area contributed by atoms with E-state index in [-0.39, 0.29) is 11.6 Å². The molecular weight excluding hydrogens is 220 g/mol. The molecule has 0 unspecified atom stereocenters. The highest BCUT2D eigenvalue weighted by atomic mass is 32.1. The van der Waals surface area contributed by atoms with Gasteiger partial charge in [0.25, 0.3) is 0 Å². The fourth-order valence-corrected chi connectivity index (χ4v) is 2.46. The van der Waals surface area contributed by atoms with Crippen LogP contribution in [0.3, 0.4) is 0 Å². The van der Waals surface area contributed by atoms with Crippen LogP contribution in [-0.2, 0) is 4.84 Å². The first-order valence-corrected chi connectivity index (χ1v) is 6.55. The van der Waals surface area contributed by atoms with Crippen LogP contribution in [0, 0.1) is 0 Å². The van der Waals surface area contributed by atoms with Crippen molar-refractivity contribution < 1.29 is 4.84 Å². The molecule has 1 aromatic rings. The summed E-state index contributed by atoms with van der Waals surface area (Å²) in [4.78, 5) is 6.59. The van der Waals surface area contributed by atoms with Crippen LogP contribution in [0.1, 0.15) is 37.5 Å². The summed E-state index contributed by atoms with van der Waals surface area (Å²) in [5, 5.41) is 6.06. The maximum Gasteiger partial charge on any atom is 0.127 e. The lowest BCUT2D eigenvalue weighted by atomic mass is 9.83. The van der Waals surface area contributed by atoms with Gasteiger partial charge in [0.05, 0.1) is 6.21 Å². The Morgan fingerprint density at radius 1 is 1.56 bits per heavy atom. The zero-order valence-electron chi connectivity index (χ0n) is 9.56. The molecule has 2 rings (SSSR count). The van der Waals surface area contributed by atoms with Crippen LogP contribution in [0.25, 0.3) is 0 Å². The van der Waals surface area contributed by atoms with Crippen molar-refractivity contribution in [2.24, 2.45) is 10.9 Å². The first-order valence-electron chi connectivity index (χ1n) is 5.67. The van der Waals surface area contributed by atoms with Crippen molar-refractivity contribution in [2.45, 2.75) is 44.2 Å². The summed E-state index contributed by atoms with van der Waals surface area (Å²) in [6, 6.07) is 4.03. The maximum absolute atomic E-state index is 6.05. The highest BCUT2D eigenvalue weighted by Crippen LogP contribution is 2.27. The molecule has 0 radical (unpaired) electrons. The first kappa shape index (κ1) is 11.6. The number of nitrogens with zero attached hydrogens (tertiary/aromatic N) is 1. The van der Waals surface area contributed by atoms with Gasteiger partial charge in [-0.15, -0.1) is 11.3 Å². The van der Waals surface area contributed by atoms with Crippen molar-refractivity contribution in [1.29, 1.82) is 0 Å². The van der Waals surface area contributed by atoms with Gasteiger partial charge in [-0.1, -0.05) is 11.2 Å². The lowest BCUT2D eigenvalue weighted by Gasteiger charge is -2.32. The summed E-state index contributed by atoms with van der Waals surface area (Å²) in [6.07, 6.45) is 6.08. The molecule has 16 heavy (non-hydrogen) atoms. The molecule has 0 amide bonds. The van der Waals surface area contributed by atoms with Gasteiger partial charge in [-0.2, -0.15) is 0 Å². The topological polar surface area (TPSA) is 47.6 Å². The monoisotopic (exact) mass is 238 g/mol. The van der Waals surface area contributed by atoms with Crippen LogP contribution in [0.2, 0.25) is 0 Å². The Hall–Kier alpha value is -0.870. The van der Waals surface area contributed by atoms with E-state index < -0.39 is 0 Å². The van der Waals surface area contributed by atoms with Crippen LogP contribution in [0.4, 0.5) is 0 Å². The van der Waals surface area contributed by atoms with E-state index >= 15 is 0 Å². The number of rotatable bonds is 3. The highest BCUT2D eigenvalue weighted by Gasteiger charge is 2.28.